The number of benzene rings is 2. The van der Waals surface area contributed by atoms with Crippen LogP contribution in [0.4, 0.5) is 13.2 Å². The lowest BCUT2D eigenvalue weighted by Gasteiger charge is -2.27. The Morgan fingerprint density at radius 1 is 1.17 bits per heavy atom. The number of aliphatic hydroxyl groups excluding tert-OH is 1. The van der Waals surface area contributed by atoms with Crippen LogP contribution in [0.25, 0.3) is 11.0 Å². The average molecular weight is 502 g/mol. The smallest absolute Gasteiger partial charge is 0.416 e. The standard InChI is InChI=1S/C24H21F3N4O5/c25-24(26,27)15-2-1-3-17(8-15)36-12-16(34)9-29-18-4-5-28-23(35)21(18)22-30-19-6-13(10-32)14(11-33)7-20(19)31-22/h1-8,10-11,16,18,21,29,34H,9,12H2,(H,28,35)(H,30,31). The maximum Gasteiger partial charge on any atom is 0.416 e. The third-order valence-corrected chi connectivity index (χ3v) is 5.62. The number of halogens is 3. The molecule has 2 aromatic carbocycles. The van der Waals surface area contributed by atoms with E-state index in [0.717, 1.165) is 12.1 Å². The molecule has 0 aliphatic carbocycles. The molecule has 0 saturated heterocycles. The molecule has 9 nitrogen and oxygen atoms in total. The van der Waals surface area contributed by atoms with Gasteiger partial charge >= 0.3 is 6.18 Å². The molecule has 36 heavy (non-hydrogen) atoms. The number of carbonyl (C=O) groups excluding carboxylic acids is 3. The van der Waals surface area contributed by atoms with Crippen LogP contribution in [0.5, 0.6) is 5.75 Å². The number of H-pyrrole nitrogens is 1. The molecule has 3 atom stereocenters. The van der Waals surface area contributed by atoms with E-state index in [4.69, 9.17) is 4.74 Å². The normalized spacial score (nSPS) is 18.6. The van der Waals surface area contributed by atoms with Crippen LogP contribution in [0, 0.1) is 0 Å². The van der Waals surface area contributed by atoms with Crippen LogP contribution in [0.2, 0.25) is 0 Å². The number of aromatic amines is 1. The number of hydrogen-bond donors (Lipinski definition) is 4. The summed E-state index contributed by atoms with van der Waals surface area (Å²) in [4.78, 5) is 42.5. The highest BCUT2D eigenvalue weighted by Gasteiger charge is 2.34. The van der Waals surface area contributed by atoms with E-state index in [9.17, 15) is 32.7 Å². The maximum absolute atomic E-state index is 12.9. The Morgan fingerprint density at radius 2 is 1.92 bits per heavy atom. The summed E-state index contributed by atoms with van der Waals surface area (Å²) < 4.78 is 43.9. The summed E-state index contributed by atoms with van der Waals surface area (Å²) in [6.07, 6.45) is -1.41. The summed E-state index contributed by atoms with van der Waals surface area (Å²) in [5.74, 6) is -0.974. The fourth-order valence-electron chi connectivity index (χ4n) is 3.82. The molecule has 0 saturated carbocycles. The fraction of sp³-hybridized carbons (Fsp3) is 0.250. The van der Waals surface area contributed by atoms with Gasteiger partial charge in [0.25, 0.3) is 0 Å². The summed E-state index contributed by atoms with van der Waals surface area (Å²) in [6.45, 7) is -0.322. The van der Waals surface area contributed by atoms with Gasteiger partial charge in [0.1, 0.15) is 30.2 Å². The van der Waals surface area contributed by atoms with E-state index in [-0.39, 0.29) is 41.8 Å². The first-order chi connectivity index (χ1) is 17.2. The monoisotopic (exact) mass is 502 g/mol. The maximum atomic E-state index is 12.9. The van der Waals surface area contributed by atoms with Gasteiger partial charge in [0.2, 0.25) is 5.91 Å². The molecular formula is C24H21F3N4O5. The first kappa shape index (κ1) is 25.1. The number of hydrogen-bond acceptors (Lipinski definition) is 7. The first-order valence-corrected chi connectivity index (χ1v) is 10.8. The molecule has 0 spiro atoms. The van der Waals surface area contributed by atoms with Gasteiger partial charge in [-0.15, -0.1) is 0 Å². The second kappa shape index (κ2) is 10.3. The number of fused-ring (bicyclic) bond motifs is 1. The van der Waals surface area contributed by atoms with E-state index in [1.165, 1.54) is 30.5 Å². The molecule has 3 aromatic rings. The van der Waals surface area contributed by atoms with Gasteiger partial charge in [0, 0.05) is 29.9 Å². The summed E-state index contributed by atoms with van der Waals surface area (Å²) in [5, 5.41) is 15.9. The van der Waals surface area contributed by atoms with Crippen LogP contribution < -0.4 is 15.4 Å². The number of aromatic nitrogens is 2. The number of nitrogens with zero attached hydrogens (tertiary/aromatic N) is 1. The molecule has 4 N–H and O–H groups in total. The lowest BCUT2D eigenvalue weighted by Crippen LogP contribution is -2.47. The molecule has 0 fully saturated rings. The number of imidazole rings is 1. The summed E-state index contributed by atoms with van der Waals surface area (Å²) in [6, 6.07) is 6.64. The minimum Gasteiger partial charge on any atom is -0.491 e. The van der Waals surface area contributed by atoms with Gasteiger partial charge in [0.15, 0.2) is 12.6 Å². The van der Waals surface area contributed by atoms with E-state index in [2.05, 4.69) is 20.6 Å². The predicted octanol–water partition coefficient (Wildman–Crippen LogP) is 2.33. The van der Waals surface area contributed by atoms with Gasteiger partial charge in [-0.3, -0.25) is 14.4 Å². The minimum absolute atomic E-state index is 0.0367. The Bertz CT molecular complexity index is 1280. The number of aliphatic hydroxyl groups is 1. The number of rotatable bonds is 9. The number of amides is 1. The number of alkyl halides is 3. The van der Waals surface area contributed by atoms with Crippen LogP contribution in [0.15, 0.2) is 48.7 Å². The van der Waals surface area contributed by atoms with Crippen molar-refractivity contribution in [3.8, 4) is 5.75 Å². The molecule has 4 rings (SSSR count). The average Bonchev–Trinajstić information content (AvgIpc) is 3.27. The van der Waals surface area contributed by atoms with Gasteiger partial charge in [0.05, 0.1) is 16.6 Å². The molecule has 0 radical (unpaired) electrons. The Kier molecular flexibility index (Phi) is 7.17. The summed E-state index contributed by atoms with van der Waals surface area (Å²) in [5.41, 5.74) is 0.350. The third-order valence-electron chi connectivity index (χ3n) is 5.62. The van der Waals surface area contributed by atoms with Gasteiger partial charge in [-0.2, -0.15) is 13.2 Å². The number of nitrogens with one attached hydrogen (secondary N) is 3. The number of carbonyl (C=O) groups is 3. The van der Waals surface area contributed by atoms with Gasteiger partial charge in [-0.25, -0.2) is 4.98 Å². The first-order valence-electron chi connectivity index (χ1n) is 10.8. The highest BCUT2D eigenvalue weighted by molar-refractivity contribution is 5.96. The van der Waals surface area contributed by atoms with Crippen molar-refractivity contribution in [2.45, 2.75) is 24.2 Å². The lowest BCUT2D eigenvalue weighted by atomic mass is 9.95. The minimum atomic E-state index is -4.51. The van der Waals surface area contributed by atoms with E-state index in [0.29, 0.717) is 23.6 Å². The largest absolute Gasteiger partial charge is 0.491 e. The molecule has 1 aliphatic rings. The Hall–Kier alpha value is -4.03. The second-order valence-electron chi connectivity index (χ2n) is 8.13. The number of aldehydes is 2. The fourth-order valence-corrected chi connectivity index (χ4v) is 3.82. The molecular weight excluding hydrogens is 481 g/mol. The van der Waals surface area contributed by atoms with Crippen LogP contribution in [-0.4, -0.2) is 58.9 Å². The van der Waals surface area contributed by atoms with Crippen molar-refractivity contribution in [3.05, 3.63) is 71.2 Å². The molecule has 1 aromatic heterocycles. The highest BCUT2D eigenvalue weighted by Crippen LogP contribution is 2.31. The molecule has 2 heterocycles. The lowest BCUT2D eigenvalue weighted by molar-refractivity contribution is -0.137. The Balaban J connectivity index is 1.44. The van der Waals surface area contributed by atoms with Crippen LogP contribution >= 0.6 is 0 Å². The summed E-state index contributed by atoms with van der Waals surface area (Å²) in [7, 11) is 0. The van der Waals surface area contributed by atoms with Crippen LogP contribution in [0.1, 0.15) is 38.0 Å². The quantitative estimate of drug-likeness (QED) is 0.330. The van der Waals surface area contributed by atoms with Crippen molar-refractivity contribution in [2.75, 3.05) is 13.2 Å². The zero-order chi connectivity index (χ0) is 25.9. The van der Waals surface area contributed by atoms with Crippen LogP contribution in [-0.2, 0) is 11.0 Å². The Morgan fingerprint density at radius 3 is 2.64 bits per heavy atom. The van der Waals surface area contributed by atoms with Crippen molar-refractivity contribution in [3.63, 3.8) is 0 Å². The van der Waals surface area contributed by atoms with E-state index < -0.39 is 29.8 Å². The topological polar surface area (TPSA) is 133 Å². The molecule has 1 aliphatic heterocycles. The van der Waals surface area contributed by atoms with Crippen molar-refractivity contribution >= 4 is 29.5 Å². The molecule has 0 bridgehead atoms. The predicted molar refractivity (Wildman–Crippen MR) is 122 cm³/mol. The van der Waals surface area contributed by atoms with E-state index in [1.807, 2.05) is 0 Å². The number of ether oxygens (including phenoxy) is 1. The van der Waals surface area contributed by atoms with E-state index in [1.54, 1.807) is 6.08 Å². The highest BCUT2D eigenvalue weighted by atomic mass is 19.4. The van der Waals surface area contributed by atoms with Crippen molar-refractivity contribution < 1.29 is 37.4 Å². The zero-order valence-electron chi connectivity index (χ0n) is 18.6. The second-order valence-corrected chi connectivity index (χ2v) is 8.13. The zero-order valence-corrected chi connectivity index (χ0v) is 18.6. The van der Waals surface area contributed by atoms with Crippen molar-refractivity contribution in [2.24, 2.45) is 0 Å². The van der Waals surface area contributed by atoms with Crippen molar-refractivity contribution in [1.82, 2.24) is 20.6 Å². The Labute approximate surface area is 202 Å². The van der Waals surface area contributed by atoms with E-state index >= 15 is 0 Å². The SMILES string of the molecule is O=Cc1cc2nc(C3C(=O)NC=CC3NCC(O)COc3cccc(C(F)(F)F)c3)[nH]c2cc1C=O. The van der Waals surface area contributed by atoms with Gasteiger partial charge in [-0.05, 0) is 30.3 Å². The third kappa shape index (κ3) is 5.44. The molecule has 188 valence electrons. The van der Waals surface area contributed by atoms with Crippen LogP contribution in [0.3, 0.4) is 0 Å². The molecule has 12 heteroatoms. The van der Waals surface area contributed by atoms with Crippen molar-refractivity contribution in [1.29, 1.82) is 0 Å². The molecule has 3 unspecified atom stereocenters. The van der Waals surface area contributed by atoms with Gasteiger partial charge in [-0.1, -0.05) is 12.1 Å². The molecule has 1 amide bonds. The summed E-state index contributed by atoms with van der Waals surface area (Å²) >= 11 is 0. The van der Waals surface area contributed by atoms with Gasteiger partial charge < -0.3 is 25.5 Å².